The summed E-state index contributed by atoms with van der Waals surface area (Å²) in [5, 5.41) is 3.74. The Kier molecular flexibility index (Phi) is 4.87. The first-order chi connectivity index (χ1) is 8.17. The monoisotopic (exact) mass is 238 g/mol. The molecule has 2 heterocycles. The number of fused-ring (bicyclic) bond motifs is 2. The summed E-state index contributed by atoms with van der Waals surface area (Å²) in [6, 6.07) is 1.72. The molecule has 0 aromatic carbocycles. The van der Waals surface area contributed by atoms with E-state index in [0.717, 1.165) is 23.9 Å². The van der Waals surface area contributed by atoms with E-state index in [1.807, 2.05) is 0 Å². The van der Waals surface area contributed by atoms with Crippen LogP contribution in [0.15, 0.2) is 0 Å². The van der Waals surface area contributed by atoms with Gasteiger partial charge >= 0.3 is 0 Å². The quantitative estimate of drug-likeness (QED) is 0.765. The molecule has 2 saturated heterocycles. The standard InChI is InChI=1S/C15H30N2/c1-4-12(2)11-17(3)8-7-13-9-14-5-6-15(10-13)16-14/h12-16H,4-11H2,1-3H3. The van der Waals surface area contributed by atoms with E-state index in [1.165, 1.54) is 51.6 Å². The minimum Gasteiger partial charge on any atom is -0.311 e. The van der Waals surface area contributed by atoms with E-state index in [-0.39, 0.29) is 0 Å². The minimum absolute atomic E-state index is 0.851. The van der Waals surface area contributed by atoms with Crippen LogP contribution in [0.5, 0.6) is 0 Å². The number of nitrogens with zero attached hydrogens (tertiary/aromatic N) is 1. The zero-order valence-corrected chi connectivity index (χ0v) is 11.9. The Hall–Kier alpha value is -0.0800. The third-order valence-corrected chi connectivity index (χ3v) is 4.81. The molecule has 0 radical (unpaired) electrons. The largest absolute Gasteiger partial charge is 0.311 e. The van der Waals surface area contributed by atoms with Gasteiger partial charge in [-0.25, -0.2) is 0 Å². The molecule has 0 aromatic rings. The van der Waals surface area contributed by atoms with Crippen LogP contribution in [0.3, 0.4) is 0 Å². The smallest absolute Gasteiger partial charge is 0.00728 e. The second kappa shape index (κ2) is 6.19. The fraction of sp³-hybridized carbons (Fsp3) is 1.00. The van der Waals surface area contributed by atoms with Gasteiger partial charge in [-0.05, 0) is 57.5 Å². The molecule has 2 aliphatic rings. The molecular formula is C15H30N2. The molecular weight excluding hydrogens is 208 g/mol. The van der Waals surface area contributed by atoms with Gasteiger partial charge in [-0.3, -0.25) is 0 Å². The number of hydrogen-bond donors (Lipinski definition) is 1. The fourth-order valence-electron chi connectivity index (χ4n) is 3.57. The van der Waals surface area contributed by atoms with Gasteiger partial charge in [0.15, 0.2) is 0 Å². The average molecular weight is 238 g/mol. The second-order valence-corrected chi connectivity index (χ2v) is 6.54. The summed E-state index contributed by atoms with van der Waals surface area (Å²) >= 11 is 0. The van der Waals surface area contributed by atoms with E-state index >= 15 is 0 Å². The second-order valence-electron chi connectivity index (χ2n) is 6.54. The summed E-state index contributed by atoms with van der Waals surface area (Å²) in [5.41, 5.74) is 0. The lowest BCUT2D eigenvalue weighted by molar-refractivity contribution is 0.225. The van der Waals surface area contributed by atoms with Crippen LogP contribution < -0.4 is 5.32 Å². The summed E-state index contributed by atoms with van der Waals surface area (Å²) in [5.74, 6) is 1.84. The molecule has 2 rings (SSSR count). The van der Waals surface area contributed by atoms with Crippen molar-refractivity contribution < 1.29 is 0 Å². The van der Waals surface area contributed by atoms with Crippen molar-refractivity contribution in [3.8, 4) is 0 Å². The lowest BCUT2D eigenvalue weighted by Crippen LogP contribution is -2.39. The Morgan fingerprint density at radius 2 is 1.88 bits per heavy atom. The summed E-state index contributed by atoms with van der Waals surface area (Å²) in [6.07, 6.45) is 8.47. The Labute approximate surface area is 107 Å². The van der Waals surface area contributed by atoms with Crippen LogP contribution in [0.25, 0.3) is 0 Å². The van der Waals surface area contributed by atoms with Gasteiger partial charge in [0.1, 0.15) is 0 Å². The Balaban J connectivity index is 1.64. The third kappa shape index (κ3) is 3.96. The topological polar surface area (TPSA) is 15.3 Å². The average Bonchev–Trinajstić information content (AvgIpc) is 2.66. The molecule has 2 fully saturated rings. The molecule has 0 spiro atoms. The zero-order chi connectivity index (χ0) is 12.3. The number of rotatable bonds is 6. The van der Waals surface area contributed by atoms with Crippen LogP contribution >= 0.6 is 0 Å². The van der Waals surface area contributed by atoms with Crippen LogP contribution in [0.2, 0.25) is 0 Å². The first kappa shape index (κ1) is 13.4. The Bertz CT molecular complexity index is 217. The third-order valence-electron chi connectivity index (χ3n) is 4.81. The first-order valence-electron chi connectivity index (χ1n) is 7.62. The molecule has 2 heteroatoms. The summed E-state index contributed by atoms with van der Waals surface area (Å²) in [4.78, 5) is 2.54. The highest BCUT2D eigenvalue weighted by Gasteiger charge is 2.33. The molecule has 2 bridgehead atoms. The van der Waals surface area contributed by atoms with E-state index < -0.39 is 0 Å². The molecule has 3 atom stereocenters. The Morgan fingerprint density at radius 1 is 1.24 bits per heavy atom. The fourth-order valence-corrected chi connectivity index (χ4v) is 3.57. The van der Waals surface area contributed by atoms with Crippen LogP contribution in [-0.2, 0) is 0 Å². The van der Waals surface area contributed by atoms with Gasteiger partial charge in [-0.2, -0.15) is 0 Å². The van der Waals surface area contributed by atoms with Crippen LogP contribution in [-0.4, -0.2) is 37.1 Å². The first-order valence-corrected chi connectivity index (χ1v) is 7.62. The molecule has 0 aromatic heterocycles. The van der Waals surface area contributed by atoms with Crippen molar-refractivity contribution in [3.63, 3.8) is 0 Å². The van der Waals surface area contributed by atoms with E-state index in [4.69, 9.17) is 0 Å². The molecule has 1 N–H and O–H groups in total. The number of hydrogen-bond acceptors (Lipinski definition) is 2. The highest BCUT2D eigenvalue weighted by Crippen LogP contribution is 2.32. The zero-order valence-electron chi connectivity index (χ0n) is 11.9. The van der Waals surface area contributed by atoms with Gasteiger partial charge in [0.2, 0.25) is 0 Å². The van der Waals surface area contributed by atoms with Gasteiger partial charge in [0.05, 0.1) is 0 Å². The van der Waals surface area contributed by atoms with Crippen LogP contribution in [0.4, 0.5) is 0 Å². The number of nitrogens with one attached hydrogen (secondary N) is 1. The van der Waals surface area contributed by atoms with Crippen molar-refractivity contribution in [2.75, 3.05) is 20.1 Å². The van der Waals surface area contributed by atoms with Gasteiger partial charge in [-0.15, -0.1) is 0 Å². The molecule has 0 aliphatic carbocycles. The van der Waals surface area contributed by atoms with Gasteiger partial charge in [0.25, 0.3) is 0 Å². The molecule has 3 unspecified atom stereocenters. The lowest BCUT2D eigenvalue weighted by atomic mass is 9.89. The molecule has 2 nitrogen and oxygen atoms in total. The van der Waals surface area contributed by atoms with Crippen molar-refractivity contribution in [3.05, 3.63) is 0 Å². The maximum atomic E-state index is 3.74. The predicted molar refractivity (Wildman–Crippen MR) is 74.2 cm³/mol. The van der Waals surface area contributed by atoms with E-state index in [1.54, 1.807) is 0 Å². The van der Waals surface area contributed by atoms with Gasteiger partial charge in [-0.1, -0.05) is 20.3 Å². The van der Waals surface area contributed by atoms with Crippen molar-refractivity contribution in [2.45, 2.75) is 64.5 Å². The highest BCUT2D eigenvalue weighted by molar-refractivity contribution is 4.92. The molecule has 0 saturated carbocycles. The normalized spacial score (nSPS) is 34.2. The maximum Gasteiger partial charge on any atom is 0.00728 e. The van der Waals surface area contributed by atoms with E-state index in [9.17, 15) is 0 Å². The lowest BCUT2D eigenvalue weighted by Gasteiger charge is -2.30. The van der Waals surface area contributed by atoms with Crippen molar-refractivity contribution in [1.29, 1.82) is 0 Å². The van der Waals surface area contributed by atoms with Crippen molar-refractivity contribution >= 4 is 0 Å². The molecule has 17 heavy (non-hydrogen) atoms. The van der Waals surface area contributed by atoms with Crippen molar-refractivity contribution in [2.24, 2.45) is 11.8 Å². The maximum absolute atomic E-state index is 3.74. The number of piperidine rings is 1. The van der Waals surface area contributed by atoms with Crippen LogP contribution in [0, 0.1) is 11.8 Å². The summed E-state index contributed by atoms with van der Waals surface area (Å²) in [6.45, 7) is 7.23. The molecule has 0 amide bonds. The van der Waals surface area contributed by atoms with E-state index in [0.29, 0.717) is 0 Å². The summed E-state index contributed by atoms with van der Waals surface area (Å²) in [7, 11) is 2.29. The summed E-state index contributed by atoms with van der Waals surface area (Å²) < 4.78 is 0. The highest BCUT2D eigenvalue weighted by atomic mass is 15.1. The van der Waals surface area contributed by atoms with E-state index in [2.05, 4.69) is 31.1 Å². The molecule has 100 valence electrons. The molecule has 2 aliphatic heterocycles. The van der Waals surface area contributed by atoms with Crippen molar-refractivity contribution in [1.82, 2.24) is 10.2 Å². The SMILES string of the molecule is CCC(C)CN(C)CCC1CC2CCC(C1)N2. The Morgan fingerprint density at radius 3 is 2.47 bits per heavy atom. The van der Waals surface area contributed by atoms with Crippen LogP contribution in [0.1, 0.15) is 52.4 Å². The predicted octanol–water partition coefficient (Wildman–Crippen LogP) is 2.89. The van der Waals surface area contributed by atoms with Gasteiger partial charge in [0, 0.05) is 18.6 Å². The minimum atomic E-state index is 0.851. The van der Waals surface area contributed by atoms with Gasteiger partial charge < -0.3 is 10.2 Å².